The molecule has 3 heteroatoms. The SMILES string of the molecule is O=C(CCCCc1ccccc1)OCC=C[Si@H](c1ccccc1)C1CCCC1. The molecule has 1 atom stereocenters. The molecular weight excluding hydrogens is 360 g/mol. The van der Waals surface area contributed by atoms with E-state index >= 15 is 0 Å². The van der Waals surface area contributed by atoms with Crippen LogP contribution in [0.1, 0.15) is 50.5 Å². The van der Waals surface area contributed by atoms with E-state index in [1.807, 2.05) is 6.07 Å². The van der Waals surface area contributed by atoms with Crippen molar-refractivity contribution in [2.24, 2.45) is 0 Å². The summed E-state index contributed by atoms with van der Waals surface area (Å²) in [6.07, 6.45) is 11.0. The summed E-state index contributed by atoms with van der Waals surface area (Å²) in [5.74, 6) is -0.0727. The molecule has 0 aliphatic heterocycles. The standard InChI is InChI=1S/C25H32O2Si/c26-25(19-10-7-14-22-12-3-1-4-13-22)27-20-11-21-28(24-17-8-9-18-24)23-15-5-2-6-16-23/h1-6,11-13,15-16,21,24,28H,7-10,14,17-20H2/t28-/m1/s1. The van der Waals surface area contributed by atoms with Crippen LogP contribution >= 0.6 is 0 Å². The molecule has 0 saturated heterocycles. The monoisotopic (exact) mass is 392 g/mol. The first-order valence-corrected chi connectivity index (χ1v) is 12.6. The van der Waals surface area contributed by atoms with E-state index in [0.717, 1.165) is 24.8 Å². The molecule has 2 aromatic rings. The van der Waals surface area contributed by atoms with Gasteiger partial charge in [0.2, 0.25) is 0 Å². The van der Waals surface area contributed by atoms with Gasteiger partial charge < -0.3 is 4.74 Å². The first-order valence-electron chi connectivity index (χ1n) is 10.7. The van der Waals surface area contributed by atoms with Crippen molar-refractivity contribution >= 4 is 20.0 Å². The Hall–Kier alpha value is -2.13. The summed E-state index contributed by atoms with van der Waals surface area (Å²) in [4.78, 5) is 12.0. The van der Waals surface area contributed by atoms with E-state index < -0.39 is 8.80 Å². The first kappa shape index (κ1) is 20.6. The predicted molar refractivity (Wildman–Crippen MR) is 120 cm³/mol. The van der Waals surface area contributed by atoms with Crippen molar-refractivity contribution in [3.05, 3.63) is 78.0 Å². The second-order valence-corrected chi connectivity index (χ2v) is 10.8. The van der Waals surface area contributed by atoms with Crippen LogP contribution in [0.4, 0.5) is 0 Å². The number of benzene rings is 2. The maximum absolute atomic E-state index is 12.0. The lowest BCUT2D eigenvalue weighted by Crippen LogP contribution is -2.32. The van der Waals surface area contributed by atoms with E-state index in [9.17, 15) is 4.79 Å². The Bertz CT molecular complexity index is 721. The minimum Gasteiger partial charge on any atom is -0.461 e. The highest BCUT2D eigenvalue weighted by atomic mass is 28.3. The number of hydrogen-bond acceptors (Lipinski definition) is 2. The predicted octanol–water partition coefficient (Wildman–Crippen LogP) is 5.12. The van der Waals surface area contributed by atoms with Crippen LogP contribution in [0.25, 0.3) is 0 Å². The van der Waals surface area contributed by atoms with Gasteiger partial charge >= 0.3 is 5.97 Å². The number of ether oxygens (including phenoxy) is 1. The van der Waals surface area contributed by atoms with Gasteiger partial charge in [0.05, 0.1) is 8.80 Å². The maximum Gasteiger partial charge on any atom is 0.306 e. The third-order valence-electron chi connectivity index (χ3n) is 5.72. The average molecular weight is 393 g/mol. The molecule has 0 N–H and O–H groups in total. The molecule has 0 aromatic heterocycles. The Morgan fingerprint density at radius 3 is 2.36 bits per heavy atom. The number of carbonyl (C=O) groups excluding carboxylic acids is 1. The van der Waals surface area contributed by atoms with E-state index in [1.54, 1.807) is 0 Å². The largest absolute Gasteiger partial charge is 0.461 e. The number of carbonyl (C=O) groups is 1. The van der Waals surface area contributed by atoms with Crippen LogP contribution in [-0.2, 0) is 16.0 Å². The van der Waals surface area contributed by atoms with Crippen molar-refractivity contribution < 1.29 is 9.53 Å². The lowest BCUT2D eigenvalue weighted by molar-refractivity contribution is -0.142. The van der Waals surface area contributed by atoms with Crippen LogP contribution in [-0.4, -0.2) is 21.4 Å². The Balaban J connectivity index is 1.38. The van der Waals surface area contributed by atoms with Crippen molar-refractivity contribution in [1.29, 1.82) is 0 Å². The highest BCUT2D eigenvalue weighted by molar-refractivity contribution is 6.79. The molecule has 3 rings (SSSR count). The van der Waals surface area contributed by atoms with Crippen LogP contribution < -0.4 is 5.19 Å². The van der Waals surface area contributed by atoms with E-state index in [1.165, 1.54) is 36.4 Å². The molecule has 2 aromatic carbocycles. The van der Waals surface area contributed by atoms with Crippen molar-refractivity contribution in [1.82, 2.24) is 0 Å². The summed E-state index contributed by atoms with van der Waals surface area (Å²) in [7, 11) is -1.14. The fraction of sp³-hybridized carbons (Fsp3) is 0.400. The lowest BCUT2D eigenvalue weighted by atomic mass is 10.1. The number of hydrogen-bond donors (Lipinski definition) is 0. The highest BCUT2D eigenvalue weighted by Gasteiger charge is 2.25. The van der Waals surface area contributed by atoms with Gasteiger partial charge in [0.15, 0.2) is 0 Å². The first-order chi connectivity index (χ1) is 13.8. The third-order valence-corrected chi connectivity index (χ3v) is 9.24. The summed E-state index contributed by atoms with van der Waals surface area (Å²) in [6.45, 7) is 0.417. The molecular formula is C25H32O2Si. The molecule has 0 spiro atoms. The van der Waals surface area contributed by atoms with Gasteiger partial charge in [0.1, 0.15) is 6.61 Å². The molecule has 0 bridgehead atoms. The van der Waals surface area contributed by atoms with Gasteiger partial charge in [0, 0.05) is 6.42 Å². The third kappa shape index (κ3) is 6.79. The molecule has 1 fully saturated rings. The summed E-state index contributed by atoms with van der Waals surface area (Å²) in [6, 6.07) is 21.4. The van der Waals surface area contributed by atoms with Crippen molar-refractivity contribution in [2.45, 2.75) is 56.9 Å². The molecule has 148 valence electrons. The van der Waals surface area contributed by atoms with Gasteiger partial charge in [-0.1, -0.05) is 103 Å². The molecule has 1 saturated carbocycles. The zero-order chi connectivity index (χ0) is 19.4. The molecule has 28 heavy (non-hydrogen) atoms. The topological polar surface area (TPSA) is 26.3 Å². The zero-order valence-electron chi connectivity index (χ0n) is 16.8. The van der Waals surface area contributed by atoms with Gasteiger partial charge in [-0.15, -0.1) is 0 Å². The summed E-state index contributed by atoms with van der Waals surface area (Å²) >= 11 is 0. The van der Waals surface area contributed by atoms with E-state index in [0.29, 0.717) is 13.0 Å². The van der Waals surface area contributed by atoms with E-state index in [4.69, 9.17) is 4.74 Å². The molecule has 0 unspecified atom stereocenters. The molecule has 2 nitrogen and oxygen atoms in total. The zero-order valence-corrected chi connectivity index (χ0v) is 17.9. The van der Waals surface area contributed by atoms with Crippen molar-refractivity contribution in [3.63, 3.8) is 0 Å². The quantitative estimate of drug-likeness (QED) is 0.319. The fourth-order valence-corrected chi connectivity index (χ4v) is 7.53. The van der Waals surface area contributed by atoms with Gasteiger partial charge in [0.25, 0.3) is 0 Å². The maximum atomic E-state index is 12.0. The minimum absolute atomic E-state index is 0.0727. The Kier molecular flexibility index (Phi) is 8.57. The number of esters is 1. The Morgan fingerprint density at radius 1 is 0.964 bits per heavy atom. The Morgan fingerprint density at radius 2 is 1.64 bits per heavy atom. The average Bonchev–Trinajstić information content (AvgIpc) is 3.27. The minimum atomic E-state index is -1.14. The fourth-order valence-electron chi connectivity index (χ4n) is 4.19. The number of aryl methyl sites for hydroxylation is 1. The van der Waals surface area contributed by atoms with Crippen LogP contribution in [0, 0.1) is 0 Å². The molecule has 1 aliphatic rings. The van der Waals surface area contributed by atoms with Crippen molar-refractivity contribution in [3.8, 4) is 0 Å². The van der Waals surface area contributed by atoms with Crippen LogP contribution in [0.5, 0.6) is 0 Å². The summed E-state index contributed by atoms with van der Waals surface area (Å²) in [5, 5.41) is 1.51. The molecule has 0 radical (unpaired) electrons. The van der Waals surface area contributed by atoms with Gasteiger partial charge in [-0.25, -0.2) is 0 Å². The van der Waals surface area contributed by atoms with Crippen LogP contribution in [0.3, 0.4) is 0 Å². The van der Waals surface area contributed by atoms with Crippen LogP contribution in [0.15, 0.2) is 72.4 Å². The Labute approximate surface area is 171 Å². The van der Waals surface area contributed by atoms with E-state index in [2.05, 4.69) is 66.4 Å². The van der Waals surface area contributed by atoms with Crippen molar-refractivity contribution in [2.75, 3.05) is 6.61 Å². The van der Waals surface area contributed by atoms with Gasteiger partial charge in [-0.3, -0.25) is 4.79 Å². The second kappa shape index (κ2) is 11.7. The molecule has 1 aliphatic carbocycles. The summed E-state index contributed by atoms with van der Waals surface area (Å²) in [5.41, 5.74) is 4.59. The normalized spacial score (nSPS) is 15.7. The summed E-state index contributed by atoms with van der Waals surface area (Å²) < 4.78 is 5.44. The van der Waals surface area contributed by atoms with Gasteiger partial charge in [-0.05, 0) is 30.4 Å². The number of rotatable bonds is 10. The smallest absolute Gasteiger partial charge is 0.306 e. The van der Waals surface area contributed by atoms with E-state index in [-0.39, 0.29) is 5.97 Å². The van der Waals surface area contributed by atoms with Crippen LogP contribution in [0.2, 0.25) is 5.54 Å². The second-order valence-electron chi connectivity index (χ2n) is 7.78. The highest BCUT2D eigenvalue weighted by Crippen LogP contribution is 2.33. The van der Waals surface area contributed by atoms with Gasteiger partial charge in [-0.2, -0.15) is 0 Å². The molecule has 0 amide bonds. The number of unbranched alkanes of at least 4 members (excludes halogenated alkanes) is 1. The lowest BCUT2D eigenvalue weighted by Gasteiger charge is -2.19. The molecule has 0 heterocycles.